The molecule has 1 aromatic rings. The number of carbonyl (C=O) groups is 1. The quantitative estimate of drug-likeness (QED) is 0.792. The van der Waals surface area contributed by atoms with Gasteiger partial charge < -0.3 is 10.5 Å². The van der Waals surface area contributed by atoms with Crippen molar-refractivity contribution >= 4 is 17.5 Å². The van der Waals surface area contributed by atoms with E-state index in [9.17, 15) is 4.79 Å². The van der Waals surface area contributed by atoms with E-state index in [0.29, 0.717) is 18.2 Å². The van der Waals surface area contributed by atoms with Crippen molar-refractivity contribution in [2.24, 2.45) is 5.73 Å². The zero-order chi connectivity index (χ0) is 11.4. The summed E-state index contributed by atoms with van der Waals surface area (Å²) in [5.74, 6) is 0.117. The molecule has 1 aliphatic heterocycles. The van der Waals surface area contributed by atoms with E-state index >= 15 is 0 Å². The molecular weight excluding hydrogens is 222 g/mol. The van der Waals surface area contributed by atoms with Gasteiger partial charge in [-0.15, -0.1) is 11.8 Å². The zero-order valence-corrected chi connectivity index (χ0v) is 9.83. The Labute approximate surface area is 99.4 Å². The number of thioether (sulfide) groups is 1. The Kier molecular flexibility index (Phi) is 3.98. The third kappa shape index (κ3) is 2.84. The molecule has 2 N–H and O–H groups in total. The highest BCUT2D eigenvalue weighted by molar-refractivity contribution is 8.00. The van der Waals surface area contributed by atoms with Crippen LogP contribution in [0.5, 0.6) is 0 Å². The van der Waals surface area contributed by atoms with Crippen LogP contribution in [0.25, 0.3) is 0 Å². The highest BCUT2D eigenvalue weighted by atomic mass is 32.2. The molecular formula is C12H15NO2S. The topological polar surface area (TPSA) is 52.3 Å². The van der Waals surface area contributed by atoms with Crippen LogP contribution in [0.15, 0.2) is 29.2 Å². The maximum Gasteiger partial charge on any atom is 0.164 e. The molecule has 1 fully saturated rings. The van der Waals surface area contributed by atoms with E-state index < -0.39 is 0 Å². The van der Waals surface area contributed by atoms with Crippen LogP contribution in [-0.2, 0) is 4.74 Å². The van der Waals surface area contributed by atoms with Crippen LogP contribution < -0.4 is 5.73 Å². The lowest BCUT2D eigenvalue weighted by Gasteiger charge is -2.25. The number of ether oxygens (including phenoxy) is 1. The Bertz CT molecular complexity index is 360. The summed E-state index contributed by atoms with van der Waals surface area (Å²) in [7, 11) is 0. The Morgan fingerprint density at radius 1 is 1.38 bits per heavy atom. The minimum atomic E-state index is 0.117. The van der Waals surface area contributed by atoms with Crippen LogP contribution in [0.1, 0.15) is 16.8 Å². The summed E-state index contributed by atoms with van der Waals surface area (Å²) < 4.78 is 5.11. The number of nitrogens with two attached hydrogens (primary N) is 1. The van der Waals surface area contributed by atoms with Gasteiger partial charge in [0.05, 0.1) is 18.5 Å². The Balaban J connectivity index is 1.95. The summed E-state index contributed by atoms with van der Waals surface area (Å²) in [6.45, 7) is 2.08. The summed E-state index contributed by atoms with van der Waals surface area (Å²) in [5, 5.41) is 0.575. The fourth-order valence-electron chi connectivity index (χ4n) is 1.47. The SMILES string of the molecule is NCCC(=O)c1ccc(SC2COC2)cc1. The fourth-order valence-corrected chi connectivity index (χ4v) is 2.48. The first kappa shape index (κ1) is 11.6. The van der Waals surface area contributed by atoms with E-state index in [0.717, 1.165) is 18.8 Å². The second kappa shape index (κ2) is 5.48. The van der Waals surface area contributed by atoms with Gasteiger partial charge in [-0.1, -0.05) is 12.1 Å². The predicted octanol–water partition coefficient (Wildman–Crippen LogP) is 1.71. The van der Waals surface area contributed by atoms with Crippen molar-refractivity contribution in [1.82, 2.24) is 0 Å². The van der Waals surface area contributed by atoms with Crippen LogP contribution in [0, 0.1) is 0 Å². The second-order valence-corrected chi connectivity index (χ2v) is 5.14. The summed E-state index contributed by atoms with van der Waals surface area (Å²) in [6.07, 6.45) is 0.420. The van der Waals surface area contributed by atoms with Crippen LogP contribution in [0.3, 0.4) is 0 Å². The molecule has 4 heteroatoms. The maximum atomic E-state index is 11.5. The van der Waals surface area contributed by atoms with Gasteiger partial charge >= 0.3 is 0 Å². The van der Waals surface area contributed by atoms with Crippen molar-refractivity contribution in [2.45, 2.75) is 16.6 Å². The molecule has 0 radical (unpaired) electrons. The van der Waals surface area contributed by atoms with Crippen molar-refractivity contribution in [1.29, 1.82) is 0 Å². The number of Topliss-reactive ketones (excluding diaryl/α,β-unsaturated/α-hetero) is 1. The Hall–Kier alpha value is -0.840. The summed E-state index contributed by atoms with van der Waals surface area (Å²) in [5.41, 5.74) is 6.10. The highest BCUT2D eigenvalue weighted by Gasteiger charge is 2.19. The largest absolute Gasteiger partial charge is 0.379 e. The molecule has 2 rings (SSSR count). The monoisotopic (exact) mass is 237 g/mol. The summed E-state index contributed by atoms with van der Waals surface area (Å²) in [6, 6.07) is 7.74. The number of carbonyl (C=O) groups excluding carboxylic acids is 1. The van der Waals surface area contributed by atoms with Gasteiger partial charge in [0.2, 0.25) is 0 Å². The van der Waals surface area contributed by atoms with Gasteiger partial charge in [-0.25, -0.2) is 0 Å². The van der Waals surface area contributed by atoms with Crippen molar-refractivity contribution in [2.75, 3.05) is 19.8 Å². The molecule has 0 aliphatic carbocycles. The van der Waals surface area contributed by atoms with E-state index in [1.165, 1.54) is 4.90 Å². The van der Waals surface area contributed by atoms with Gasteiger partial charge in [-0.2, -0.15) is 0 Å². The first-order valence-electron chi connectivity index (χ1n) is 5.37. The van der Waals surface area contributed by atoms with E-state index in [-0.39, 0.29) is 5.78 Å². The lowest BCUT2D eigenvalue weighted by atomic mass is 10.1. The first-order chi connectivity index (χ1) is 7.79. The second-order valence-electron chi connectivity index (χ2n) is 3.76. The molecule has 0 saturated carbocycles. The molecule has 0 atom stereocenters. The van der Waals surface area contributed by atoms with Gasteiger partial charge in [0.25, 0.3) is 0 Å². The van der Waals surface area contributed by atoms with E-state index in [1.807, 2.05) is 24.3 Å². The van der Waals surface area contributed by atoms with Gasteiger partial charge in [0.15, 0.2) is 5.78 Å². The average Bonchev–Trinajstić information content (AvgIpc) is 2.25. The summed E-state index contributed by atoms with van der Waals surface area (Å²) in [4.78, 5) is 12.7. The number of ketones is 1. The van der Waals surface area contributed by atoms with Gasteiger partial charge in [-0.05, 0) is 18.7 Å². The highest BCUT2D eigenvalue weighted by Crippen LogP contribution is 2.28. The van der Waals surface area contributed by atoms with E-state index in [1.54, 1.807) is 11.8 Å². The predicted molar refractivity (Wildman–Crippen MR) is 64.9 cm³/mol. The average molecular weight is 237 g/mol. The van der Waals surface area contributed by atoms with Gasteiger partial charge in [0, 0.05) is 16.9 Å². The Morgan fingerprint density at radius 2 is 2.06 bits per heavy atom. The molecule has 0 unspecified atom stereocenters. The third-order valence-corrected chi connectivity index (χ3v) is 3.61. The molecule has 0 spiro atoms. The van der Waals surface area contributed by atoms with Crippen molar-refractivity contribution in [3.8, 4) is 0 Å². The molecule has 0 bridgehead atoms. The first-order valence-corrected chi connectivity index (χ1v) is 6.25. The number of hydrogen-bond acceptors (Lipinski definition) is 4. The number of rotatable bonds is 5. The molecule has 86 valence electrons. The van der Waals surface area contributed by atoms with Crippen LogP contribution >= 0.6 is 11.8 Å². The molecule has 1 aliphatic rings. The molecule has 0 amide bonds. The standard InChI is InChI=1S/C12H15NO2S/c13-6-5-12(14)9-1-3-10(4-2-9)16-11-7-15-8-11/h1-4,11H,5-8,13H2. The molecule has 3 nitrogen and oxygen atoms in total. The molecule has 1 heterocycles. The van der Waals surface area contributed by atoms with Crippen LogP contribution in [0.4, 0.5) is 0 Å². The molecule has 0 aromatic heterocycles. The minimum Gasteiger partial charge on any atom is -0.379 e. The Morgan fingerprint density at radius 3 is 2.56 bits per heavy atom. The number of benzene rings is 1. The lowest BCUT2D eigenvalue weighted by molar-refractivity contribution is 0.0455. The van der Waals surface area contributed by atoms with E-state index in [2.05, 4.69) is 0 Å². The number of hydrogen-bond donors (Lipinski definition) is 1. The van der Waals surface area contributed by atoms with Gasteiger partial charge in [-0.3, -0.25) is 4.79 Å². The normalized spacial score (nSPS) is 15.8. The molecule has 1 saturated heterocycles. The van der Waals surface area contributed by atoms with Crippen molar-refractivity contribution < 1.29 is 9.53 Å². The van der Waals surface area contributed by atoms with Gasteiger partial charge in [0.1, 0.15) is 0 Å². The zero-order valence-electron chi connectivity index (χ0n) is 9.02. The van der Waals surface area contributed by atoms with Crippen molar-refractivity contribution in [3.05, 3.63) is 29.8 Å². The smallest absolute Gasteiger partial charge is 0.164 e. The third-order valence-electron chi connectivity index (χ3n) is 2.46. The maximum absolute atomic E-state index is 11.5. The fraction of sp³-hybridized carbons (Fsp3) is 0.417. The van der Waals surface area contributed by atoms with E-state index in [4.69, 9.17) is 10.5 Å². The van der Waals surface area contributed by atoms with Crippen molar-refractivity contribution in [3.63, 3.8) is 0 Å². The van der Waals surface area contributed by atoms with Crippen LogP contribution in [0.2, 0.25) is 0 Å². The van der Waals surface area contributed by atoms with Crippen LogP contribution in [-0.4, -0.2) is 30.8 Å². The summed E-state index contributed by atoms with van der Waals surface area (Å²) >= 11 is 1.80. The lowest BCUT2D eigenvalue weighted by Crippen LogP contribution is -2.29. The molecule has 1 aromatic carbocycles. The molecule has 16 heavy (non-hydrogen) atoms. The minimum absolute atomic E-state index is 0.117.